The average Bonchev–Trinajstić information content (AvgIpc) is 3.13. The number of benzene rings is 2. The van der Waals surface area contributed by atoms with Crippen LogP contribution in [0.4, 0.5) is 18.9 Å². The van der Waals surface area contributed by atoms with Crippen LogP contribution >= 0.6 is 11.8 Å². The predicted octanol–water partition coefficient (Wildman–Crippen LogP) is 2.98. The third kappa shape index (κ3) is 5.78. The number of nitrogens with one attached hydrogen (secondary N) is 2. The van der Waals surface area contributed by atoms with E-state index < -0.39 is 17.9 Å². The molecule has 8 nitrogen and oxygen atoms in total. The monoisotopic (exact) mass is 464 g/mol. The average molecular weight is 464 g/mol. The first-order valence-electron chi connectivity index (χ1n) is 9.28. The third-order valence-corrected chi connectivity index (χ3v) is 5.21. The van der Waals surface area contributed by atoms with Crippen LogP contribution in [0.15, 0.2) is 53.7 Å². The van der Waals surface area contributed by atoms with Gasteiger partial charge in [0, 0.05) is 6.54 Å². The Balaban J connectivity index is 1.60. The lowest BCUT2D eigenvalue weighted by atomic mass is 10.1. The second-order valence-corrected chi connectivity index (χ2v) is 7.67. The van der Waals surface area contributed by atoms with Crippen molar-refractivity contribution < 1.29 is 22.8 Å². The first-order chi connectivity index (χ1) is 15.1. The molecule has 3 rings (SSSR count). The summed E-state index contributed by atoms with van der Waals surface area (Å²) in [6, 6.07) is 14.1. The number of amides is 2. The lowest BCUT2D eigenvalue weighted by Crippen LogP contribution is -2.25. The van der Waals surface area contributed by atoms with Gasteiger partial charge in [-0.1, -0.05) is 53.7 Å². The highest BCUT2D eigenvalue weighted by Crippen LogP contribution is 2.29. The zero-order valence-corrected chi connectivity index (χ0v) is 17.6. The zero-order valence-electron chi connectivity index (χ0n) is 16.8. The highest BCUT2D eigenvalue weighted by molar-refractivity contribution is 7.99. The van der Waals surface area contributed by atoms with Gasteiger partial charge in [-0.3, -0.25) is 9.59 Å². The summed E-state index contributed by atoms with van der Waals surface area (Å²) in [5, 5.41) is 11.5. The number of halogens is 3. The minimum Gasteiger partial charge on any atom is -0.348 e. The summed E-state index contributed by atoms with van der Waals surface area (Å²) in [7, 11) is 0. The molecule has 32 heavy (non-hydrogen) atoms. The first-order valence-corrected chi connectivity index (χ1v) is 10.3. The first kappa shape index (κ1) is 23.1. The number of para-hydroxylation sites is 1. The molecule has 12 heteroatoms. The van der Waals surface area contributed by atoms with Gasteiger partial charge in [0.05, 0.1) is 17.0 Å². The molecule has 0 radical (unpaired) electrons. The van der Waals surface area contributed by atoms with Crippen LogP contribution in [0.25, 0.3) is 0 Å². The molecule has 2 aromatic carbocycles. The van der Waals surface area contributed by atoms with Gasteiger partial charge in [-0.2, -0.15) is 13.2 Å². The number of nitrogen functional groups attached to an aromatic ring is 1. The van der Waals surface area contributed by atoms with Crippen molar-refractivity contribution in [1.29, 1.82) is 0 Å². The summed E-state index contributed by atoms with van der Waals surface area (Å²) in [4.78, 5) is 24.9. The second-order valence-electron chi connectivity index (χ2n) is 6.72. The molecule has 0 fully saturated rings. The normalized spacial score (nSPS) is 11.2. The number of hydrogen-bond acceptors (Lipinski definition) is 6. The van der Waals surface area contributed by atoms with Gasteiger partial charge in [0.2, 0.25) is 11.1 Å². The van der Waals surface area contributed by atoms with Crippen LogP contribution in [0.1, 0.15) is 27.3 Å². The van der Waals surface area contributed by atoms with Crippen LogP contribution in [0, 0.1) is 6.92 Å². The van der Waals surface area contributed by atoms with Crippen molar-refractivity contribution in [3.05, 3.63) is 71.0 Å². The number of alkyl halides is 3. The molecule has 3 aromatic rings. The Morgan fingerprint density at radius 2 is 1.78 bits per heavy atom. The zero-order chi connectivity index (χ0) is 23.3. The summed E-state index contributed by atoms with van der Waals surface area (Å²) in [6.45, 7) is 2.27. The topological polar surface area (TPSA) is 115 Å². The van der Waals surface area contributed by atoms with Gasteiger partial charge in [0.1, 0.15) is 0 Å². The quantitative estimate of drug-likeness (QED) is 0.366. The summed E-state index contributed by atoms with van der Waals surface area (Å²) < 4.78 is 38.5. The predicted molar refractivity (Wildman–Crippen MR) is 113 cm³/mol. The Morgan fingerprint density at radius 3 is 2.44 bits per heavy atom. The van der Waals surface area contributed by atoms with E-state index in [9.17, 15) is 22.8 Å². The van der Waals surface area contributed by atoms with Crippen molar-refractivity contribution in [2.45, 2.75) is 24.8 Å². The van der Waals surface area contributed by atoms with Gasteiger partial charge >= 0.3 is 6.18 Å². The van der Waals surface area contributed by atoms with Crippen molar-refractivity contribution in [2.24, 2.45) is 0 Å². The van der Waals surface area contributed by atoms with E-state index in [-0.39, 0.29) is 32.7 Å². The molecule has 0 atom stereocenters. The second kappa shape index (κ2) is 9.73. The maximum atomic E-state index is 12.7. The van der Waals surface area contributed by atoms with Crippen molar-refractivity contribution >= 4 is 29.3 Å². The smallest absolute Gasteiger partial charge is 0.348 e. The van der Waals surface area contributed by atoms with E-state index in [1.165, 1.54) is 0 Å². The van der Waals surface area contributed by atoms with E-state index in [0.29, 0.717) is 18.3 Å². The molecular formula is C20H19F3N6O2S. The Hall–Kier alpha value is -3.54. The molecule has 0 saturated heterocycles. The van der Waals surface area contributed by atoms with Gasteiger partial charge < -0.3 is 16.5 Å². The van der Waals surface area contributed by atoms with E-state index in [2.05, 4.69) is 20.8 Å². The molecule has 0 aliphatic heterocycles. The molecule has 168 valence electrons. The van der Waals surface area contributed by atoms with E-state index in [0.717, 1.165) is 11.1 Å². The highest BCUT2D eigenvalue weighted by Gasteiger charge is 2.38. The number of hydrogen-bond donors (Lipinski definition) is 3. The maximum absolute atomic E-state index is 12.7. The van der Waals surface area contributed by atoms with Crippen molar-refractivity contribution in [3.63, 3.8) is 0 Å². The molecule has 0 unspecified atom stereocenters. The van der Waals surface area contributed by atoms with E-state index in [1.54, 1.807) is 24.3 Å². The van der Waals surface area contributed by atoms with E-state index in [1.807, 2.05) is 31.2 Å². The number of aryl methyl sites for hydroxylation is 1. The van der Waals surface area contributed by atoms with Crippen LogP contribution in [-0.4, -0.2) is 32.4 Å². The molecular weight excluding hydrogens is 445 g/mol. The fourth-order valence-electron chi connectivity index (χ4n) is 2.66. The van der Waals surface area contributed by atoms with Gasteiger partial charge in [-0.25, -0.2) is 4.68 Å². The number of nitrogens with zero attached hydrogens (tertiary/aromatic N) is 3. The lowest BCUT2D eigenvalue weighted by molar-refractivity contribution is -0.146. The molecule has 0 saturated carbocycles. The Bertz CT molecular complexity index is 1120. The van der Waals surface area contributed by atoms with Gasteiger partial charge in [-0.05, 0) is 24.6 Å². The molecule has 0 aliphatic carbocycles. The summed E-state index contributed by atoms with van der Waals surface area (Å²) in [6.07, 6.45) is -4.76. The highest BCUT2D eigenvalue weighted by atomic mass is 32.2. The molecule has 0 bridgehead atoms. The third-order valence-electron chi connectivity index (χ3n) is 4.27. The number of aromatic nitrogens is 3. The standard InChI is InChI=1S/C20H19F3N6O2S/c1-12-6-8-13(9-7-12)10-25-17(31)14-4-2-3-5-15(14)26-16(30)11-32-19-28-27-18(29(19)24)20(21,22)23/h2-9H,10-11,24H2,1H3,(H,25,31)(H,26,30). The summed E-state index contributed by atoms with van der Waals surface area (Å²) >= 11 is 0.686. The summed E-state index contributed by atoms with van der Waals surface area (Å²) in [5.74, 6) is 2.76. The number of carbonyl (C=O) groups excluding carboxylic acids is 2. The molecule has 0 aliphatic rings. The molecule has 0 spiro atoms. The SMILES string of the molecule is Cc1ccc(CNC(=O)c2ccccc2NC(=O)CSc2nnc(C(F)(F)F)n2N)cc1. The van der Waals surface area contributed by atoms with Crippen LogP contribution in [0.3, 0.4) is 0 Å². The number of rotatable bonds is 7. The largest absolute Gasteiger partial charge is 0.453 e. The molecule has 4 N–H and O–H groups in total. The molecule has 1 aromatic heterocycles. The minimum absolute atomic E-state index is 0.249. The van der Waals surface area contributed by atoms with Gasteiger partial charge in [0.15, 0.2) is 0 Å². The number of anilines is 1. The van der Waals surface area contributed by atoms with Crippen molar-refractivity contribution in [1.82, 2.24) is 20.2 Å². The van der Waals surface area contributed by atoms with Gasteiger partial charge in [-0.15, -0.1) is 10.2 Å². The maximum Gasteiger partial charge on any atom is 0.453 e. The lowest BCUT2D eigenvalue weighted by Gasteiger charge is -2.12. The van der Waals surface area contributed by atoms with E-state index >= 15 is 0 Å². The number of thioether (sulfide) groups is 1. The fraction of sp³-hybridized carbons (Fsp3) is 0.200. The van der Waals surface area contributed by atoms with Crippen LogP contribution in [-0.2, 0) is 17.5 Å². The van der Waals surface area contributed by atoms with Crippen molar-refractivity contribution in [2.75, 3.05) is 16.9 Å². The van der Waals surface area contributed by atoms with Crippen LogP contribution in [0.2, 0.25) is 0 Å². The van der Waals surface area contributed by atoms with E-state index in [4.69, 9.17) is 5.84 Å². The number of carbonyl (C=O) groups is 2. The Labute approximate surface area is 185 Å². The molecule has 1 heterocycles. The minimum atomic E-state index is -4.76. The van der Waals surface area contributed by atoms with Crippen LogP contribution < -0.4 is 16.5 Å². The van der Waals surface area contributed by atoms with Crippen molar-refractivity contribution in [3.8, 4) is 0 Å². The summed E-state index contributed by atoms with van der Waals surface area (Å²) in [5.41, 5.74) is 2.54. The van der Waals surface area contributed by atoms with Gasteiger partial charge in [0.25, 0.3) is 11.7 Å². The Morgan fingerprint density at radius 1 is 1.09 bits per heavy atom. The Kier molecular flexibility index (Phi) is 7.03. The number of nitrogens with two attached hydrogens (primary N) is 1. The fourth-order valence-corrected chi connectivity index (χ4v) is 3.32. The van der Waals surface area contributed by atoms with Crippen LogP contribution in [0.5, 0.6) is 0 Å². The molecule has 2 amide bonds.